The van der Waals surface area contributed by atoms with Crippen molar-refractivity contribution in [2.24, 2.45) is 0 Å². The van der Waals surface area contributed by atoms with Gasteiger partial charge in [-0.2, -0.15) is 0 Å². The average Bonchev–Trinajstić information content (AvgIpc) is 2.35. The quantitative estimate of drug-likeness (QED) is 0.764. The number of carbonyl (C=O) groups excluding carboxylic acids is 1. The fraction of sp³-hybridized carbons (Fsp3) is 0.500. The number of rotatable bonds is 8. The molecular formula is C14H22N2O3S. The third kappa shape index (κ3) is 6.16. The van der Waals surface area contributed by atoms with E-state index < -0.39 is 21.5 Å². The fourth-order valence-electron chi connectivity index (χ4n) is 1.81. The molecule has 20 heavy (non-hydrogen) atoms. The lowest BCUT2D eigenvalue weighted by molar-refractivity contribution is -0.113. The monoisotopic (exact) mass is 298 g/mol. The second-order valence-electron chi connectivity index (χ2n) is 4.62. The zero-order chi connectivity index (χ0) is 15.0. The minimum atomic E-state index is -3.30. The zero-order valence-corrected chi connectivity index (χ0v) is 12.8. The lowest BCUT2D eigenvalue weighted by atomic mass is 10.2. The van der Waals surface area contributed by atoms with Gasteiger partial charge < -0.3 is 10.6 Å². The third-order valence-electron chi connectivity index (χ3n) is 2.66. The molecule has 1 rings (SSSR count). The van der Waals surface area contributed by atoms with E-state index in [4.69, 9.17) is 0 Å². The van der Waals surface area contributed by atoms with Crippen LogP contribution in [0.25, 0.3) is 0 Å². The van der Waals surface area contributed by atoms with E-state index in [0.29, 0.717) is 18.7 Å². The number of sulfone groups is 1. The number of anilines is 1. The van der Waals surface area contributed by atoms with Gasteiger partial charge in [-0.05, 0) is 30.7 Å². The first-order valence-electron chi connectivity index (χ1n) is 6.76. The molecule has 2 N–H and O–H groups in total. The molecule has 0 spiro atoms. The Morgan fingerprint density at radius 3 is 2.65 bits per heavy atom. The maximum Gasteiger partial charge on any atom is 0.239 e. The van der Waals surface area contributed by atoms with Gasteiger partial charge in [0.15, 0.2) is 9.84 Å². The molecule has 0 aliphatic rings. The summed E-state index contributed by atoms with van der Waals surface area (Å²) in [6, 6.07) is 7.38. The molecule has 0 aromatic heterocycles. The van der Waals surface area contributed by atoms with Crippen LogP contribution in [0, 0.1) is 0 Å². The van der Waals surface area contributed by atoms with Crippen LogP contribution in [0.2, 0.25) is 0 Å². The standard InChI is InChI=1S/C14H22N2O3S/c1-3-8-20(18,19)11-14(17)16-13-7-5-6-12(9-13)10-15-4-2/h5-7,9,15H,3-4,8,10-11H2,1-2H3,(H,16,17). The van der Waals surface area contributed by atoms with Gasteiger partial charge in [-0.1, -0.05) is 26.0 Å². The average molecular weight is 298 g/mol. The summed E-state index contributed by atoms with van der Waals surface area (Å²) >= 11 is 0. The molecular weight excluding hydrogens is 276 g/mol. The van der Waals surface area contributed by atoms with E-state index in [1.807, 2.05) is 25.1 Å². The molecule has 1 aromatic carbocycles. The number of carbonyl (C=O) groups is 1. The molecule has 0 bridgehead atoms. The van der Waals surface area contributed by atoms with Gasteiger partial charge in [-0.15, -0.1) is 0 Å². The summed E-state index contributed by atoms with van der Waals surface area (Å²) in [6.45, 7) is 5.38. The van der Waals surface area contributed by atoms with Gasteiger partial charge in [0.2, 0.25) is 5.91 Å². The van der Waals surface area contributed by atoms with Crippen molar-refractivity contribution < 1.29 is 13.2 Å². The Hall–Kier alpha value is -1.40. The number of hydrogen-bond donors (Lipinski definition) is 2. The zero-order valence-electron chi connectivity index (χ0n) is 12.0. The van der Waals surface area contributed by atoms with Gasteiger partial charge in [0.25, 0.3) is 0 Å². The molecule has 1 amide bonds. The molecule has 0 aliphatic heterocycles. The van der Waals surface area contributed by atoms with Crippen molar-refractivity contribution in [3.8, 4) is 0 Å². The predicted octanol–water partition coefficient (Wildman–Crippen LogP) is 1.56. The second-order valence-corrected chi connectivity index (χ2v) is 6.80. The highest BCUT2D eigenvalue weighted by molar-refractivity contribution is 7.92. The van der Waals surface area contributed by atoms with Crippen LogP contribution in [-0.4, -0.2) is 32.4 Å². The summed E-state index contributed by atoms with van der Waals surface area (Å²) in [5.41, 5.74) is 1.66. The van der Waals surface area contributed by atoms with E-state index in [1.165, 1.54) is 0 Å². The third-order valence-corrected chi connectivity index (χ3v) is 4.39. The lowest BCUT2D eigenvalue weighted by Crippen LogP contribution is -2.24. The maximum atomic E-state index is 11.7. The Morgan fingerprint density at radius 1 is 1.25 bits per heavy atom. The molecule has 0 fully saturated rings. The number of benzene rings is 1. The Bertz CT molecular complexity index is 541. The molecule has 112 valence electrons. The van der Waals surface area contributed by atoms with Crippen LogP contribution in [0.15, 0.2) is 24.3 Å². The van der Waals surface area contributed by atoms with E-state index >= 15 is 0 Å². The van der Waals surface area contributed by atoms with Crippen LogP contribution in [0.3, 0.4) is 0 Å². The molecule has 0 atom stereocenters. The molecule has 0 radical (unpaired) electrons. The number of hydrogen-bond acceptors (Lipinski definition) is 4. The van der Waals surface area contributed by atoms with Gasteiger partial charge in [0, 0.05) is 12.2 Å². The lowest BCUT2D eigenvalue weighted by Gasteiger charge is -2.08. The largest absolute Gasteiger partial charge is 0.325 e. The first-order valence-corrected chi connectivity index (χ1v) is 8.59. The van der Waals surface area contributed by atoms with Crippen LogP contribution in [0.4, 0.5) is 5.69 Å². The highest BCUT2D eigenvalue weighted by atomic mass is 32.2. The van der Waals surface area contributed by atoms with Crippen molar-refractivity contribution >= 4 is 21.4 Å². The van der Waals surface area contributed by atoms with Crippen LogP contribution in [0.1, 0.15) is 25.8 Å². The van der Waals surface area contributed by atoms with Crippen molar-refractivity contribution in [2.75, 3.05) is 23.4 Å². The van der Waals surface area contributed by atoms with Crippen LogP contribution < -0.4 is 10.6 Å². The topological polar surface area (TPSA) is 75.3 Å². The Kier molecular flexibility index (Phi) is 6.67. The van der Waals surface area contributed by atoms with E-state index in [1.54, 1.807) is 13.0 Å². The van der Waals surface area contributed by atoms with E-state index in [2.05, 4.69) is 10.6 Å². The predicted molar refractivity (Wildman–Crippen MR) is 81.4 cm³/mol. The van der Waals surface area contributed by atoms with Crippen LogP contribution >= 0.6 is 0 Å². The molecule has 0 unspecified atom stereocenters. The summed E-state index contributed by atoms with van der Waals surface area (Å²) < 4.78 is 23.1. The molecule has 0 heterocycles. The molecule has 1 aromatic rings. The summed E-state index contributed by atoms with van der Waals surface area (Å²) in [4.78, 5) is 11.7. The molecule has 5 nitrogen and oxygen atoms in total. The Balaban J connectivity index is 2.62. The van der Waals surface area contributed by atoms with Gasteiger partial charge >= 0.3 is 0 Å². The van der Waals surface area contributed by atoms with Crippen molar-refractivity contribution in [2.45, 2.75) is 26.8 Å². The Labute approximate surface area is 120 Å². The number of amides is 1. The first kappa shape index (κ1) is 16.7. The van der Waals surface area contributed by atoms with Crippen molar-refractivity contribution in [1.29, 1.82) is 0 Å². The smallest absolute Gasteiger partial charge is 0.239 e. The van der Waals surface area contributed by atoms with E-state index in [0.717, 1.165) is 12.1 Å². The van der Waals surface area contributed by atoms with E-state index in [9.17, 15) is 13.2 Å². The first-order chi connectivity index (χ1) is 9.46. The van der Waals surface area contributed by atoms with Gasteiger partial charge in [0.1, 0.15) is 5.75 Å². The summed E-state index contributed by atoms with van der Waals surface area (Å²) in [5.74, 6) is -0.904. The fourth-order valence-corrected chi connectivity index (χ4v) is 3.05. The molecule has 0 aliphatic carbocycles. The highest BCUT2D eigenvalue weighted by Gasteiger charge is 2.15. The second kappa shape index (κ2) is 8.01. The van der Waals surface area contributed by atoms with Crippen LogP contribution in [0.5, 0.6) is 0 Å². The summed E-state index contributed by atoms with van der Waals surface area (Å²) in [7, 11) is -3.30. The highest BCUT2D eigenvalue weighted by Crippen LogP contribution is 2.11. The molecule has 0 saturated heterocycles. The number of nitrogens with one attached hydrogen (secondary N) is 2. The summed E-state index contributed by atoms with van der Waals surface area (Å²) in [5, 5.41) is 5.82. The maximum absolute atomic E-state index is 11.7. The van der Waals surface area contributed by atoms with Gasteiger partial charge in [0.05, 0.1) is 5.75 Å². The molecule has 0 saturated carbocycles. The minimum absolute atomic E-state index is 0.0425. The van der Waals surface area contributed by atoms with Crippen molar-refractivity contribution in [3.63, 3.8) is 0 Å². The van der Waals surface area contributed by atoms with E-state index in [-0.39, 0.29) is 5.75 Å². The normalized spacial score (nSPS) is 11.3. The van der Waals surface area contributed by atoms with Crippen LogP contribution in [-0.2, 0) is 21.2 Å². The van der Waals surface area contributed by atoms with Crippen molar-refractivity contribution in [3.05, 3.63) is 29.8 Å². The van der Waals surface area contributed by atoms with Crippen molar-refractivity contribution in [1.82, 2.24) is 5.32 Å². The molecule has 6 heteroatoms. The Morgan fingerprint density at radius 2 is 2.00 bits per heavy atom. The van der Waals surface area contributed by atoms with Gasteiger partial charge in [-0.25, -0.2) is 8.42 Å². The van der Waals surface area contributed by atoms with Gasteiger partial charge in [-0.3, -0.25) is 4.79 Å². The SMILES string of the molecule is CCCS(=O)(=O)CC(=O)Nc1cccc(CNCC)c1. The summed E-state index contributed by atoms with van der Waals surface area (Å²) in [6.07, 6.45) is 0.522. The minimum Gasteiger partial charge on any atom is -0.325 e.